The van der Waals surface area contributed by atoms with Crippen LogP contribution in [0.1, 0.15) is 40.6 Å². The second-order valence-electron chi connectivity index (χ2n) is 4.55. The molecule has 2 N–H and O–H groups in total. The highest BCUT2D eigenvalue weighted by atomic mass is 32.1. The zero-order valence-corrected chi connectivity index (χ0v) is 11.8. The van der Waals surface area contributed by atoms with Gasteiger partial charge in [0.15, 0.2) is 0 Å². The van der Waals surface area contributed by atoms with Crippen LogP contribution in [0.5, 0.6) is 0 Å². The molecule has 1 aromatic rings. The van der Waals surface area contributed by atoms with Crippen LogP contribution >= 0.6 is 11.3 Å². The molecule has 1 unspecified atom stereocenters. The van der Waals surface area contributed by atoms with Crippen LogP contribution in [-0.2, 0) is 4.79 Å². The van der Waals surface area contributed by atoms with Crippen LogP contribution in [0.15, 0.2) is 0 Å². The quantitative estimate of drug-likeness (QED) is 0.857. The van der Waals surface area contributed by atoms with Crippen molar-refractivity contribution in [3.8, 4) is 0 Å². The van der Waals surface area contributed by atoms with Gasteiger partial charge in [-0.15, -0.1) is 11.3 Å². The van der Waals surface area contributed by atoms with Crippen LogP contribution in [-0.4, -0.2) is 28.5 Å². The summed E-state index contributed by atoms with van der Waals surface area (Å²) in [6, 6.07) is 0. The number of carboxylic acids is 1. The lowest BCUT2D eigenvalue weighted by Gasteiger charge is -2.22. The van der Waals surface area contributed by atoms with Crippen molar-refractivity contribution in [1.82, 2.24) is 10.3 Å². The van der Waals surface area contributed by atoms with Gasteiger partial charge >= 0.3 is 5.97 Å². The van der Waals surface area contributed by atoms with Crippen molar-refractivity contribution in [3.05, 3.63) is 15.6 Å². The summed E-state index contributed by atoms with van der Waals surface area (Å²) in [5.41, 5.74) is -0.243. The van der Waals surface area contributed by atoms with Crippen LogP contribution in [0.25, 0.3) is 0 Å². The summed E-state index contributed by atoms with van der Waals surface area (Å²) in [6.07, 6.45) is 0.462. The van der Waals surface area contributed by atoms with Crippen LogP contribution in [0, 0.1) is 19.3 Å². The summed E-state index contributed by atoms with van der Waals surface area (Å²) in [6.45, 7) is 7.15. The van der Waals surface area contributed by atoms with E-state index >= 15 is 0 Å². The van der Waals surface area contributed by atoms with Gasteiger partial charge in [-0.25, -0.2) is 4.98 Å². The van der Waals surface area contributed by atoms with Crippen molar-refractivity contribution in [2.24, 2.45) is 5.41 Å². The standard InChI is InChI=1S/C12H18N2O3S/c1-5-12(4,11(16)17)6-13-10(15)9-7(2)14-8(3)18-9/h5-6H2,1-4H3,(H,13,15)(H,16,17). The first-order valence-electron chi connectivity index (χ1n) is 5.76. The van der Waals surface area contributed by atoms with Gasteiger partial charge in [0.05, 0.1) is 16.1 Å². The molecule has 0 aliphatic rings. The number of rotatable bonds is 5. The summed E-state index contributed by atoms with van der Waals surface area (Å²) < 4.78 is 0. The number of hydrogen-bond donors (Lipinski definition) is 2. The van der Waals surface area contributed by atoms with Gasteiger partial charge in [0.1, 0.15) is 4.88 Å². The lowest BCUT2D eigenvalue weighted by atomic mass is 9.88. The summed E-state index contributed by atoms with van der Waals surface area (Å²) in [5, 5.41) is 12.6. The molecule has 0 saturated carbocycles. The maximum atomic E-state index is 11.9. The van der Waals surface area contributed by atoms with Crippen LogP contribution < -0.4 is 5.32 Å². The Balaban J connectivity index is 2.72. The minimum absolute atomic E-state index is 0.119. The third-order valence-corrected chi connectivity index (χ3v) is 4.12. The van der Waals surface area contributed by atoms with Gasteiger partial charge in [-0.1, -0.05) is 6.92 Å². The highest BCUT2D eigenvalue weighted by Crippen LogP contribution is 2.21. The minimum atomic E-state index is -0.927. The van der Waals surface area contributed by atoms with Crippen molar-refractivity contribution < 1.29 is 14.7 Å². The molecule has 0 bridgehead atoms. The van der Waals surface area contributed by atoms with Crippen molar-refractivity contribution >= 4 is 23.2 Å². The third-order valence-electron chi connectivity index (χ3n) is 3.05. The molecule has 0 aromatic carbocycles. The van der Waals surface area contributed by atoms with E-state index in [1.165, 1.54) is 11.3 Å². The average molecular weight is 270 g/mol. The van der Waals surface area contributed by atoms with Gasteiger partial charge in [-0.2, -0.15) is 0 Å². The third kappa shape index (κ3) is 3.07. The molecular weight excluding hydrogens is 252 g/mol. The zero-order valence-electron chi connectivity index (χ0n) is 11.0. The Morgan fingerprint density at radius 3 is 2.44 bits per heavy atom. The van der Waals surface area contributed by atoms with E-state index in [9.17, 15) is 9.59 Å². The van der Waals surface area contributed by atoms with Crippen LogP contribution in [0.2, 0.25) is 0 Å². The summed E-state index contributed by atoms with van der Waals surface area (Å²) >= 11 is 1.32. The number of aliphatic carboxylic acids is 1. The van der Waals surface area contributed by atoms with E-state index in [1.54, 1.807) is 20.8 Å². The SMILES string of the molecule is CCC(C)(CNC(=O)c1sc(C)nc1C)C(=O)O. The summed E-state index contributed by atoms with van der Waals surface area (Å²) in [4.78, 5) is 27.8. The molecule has 0 fully saturated rings. The smallest absolute Gasteiger partial charge is 0.311 e. The molecule has 100 valence electrons. The number of nitrogens with one attached hydrogen (secondary N) is 1. The van der Waals surface area contributed by atoms with E-state index in [-0.39, 0.29) is 12.5 Å². The Morgan fingerprint density at radius 1 is 1.44 bits per heavy atom. The van der Waals surface area contributed by atoms with Gasteiger partial charge in [0, 0.05) is 6.54 Å². The maximum absolute atomic E-state index is 11.9. The number of thiazole rings is 1. The van der Waals surface area contributed by atoms with E-state index in [0.29, 0.717) is 17.0 Å². The summed E-state index contributed by atoms with van der Waals surface area (Å²) in [5.74, 6) is -1.15. The number of carbonyl (C=O) groups is 2. The second kappa shape index (κ2) is 5.48. The number of nitrogens with zero attached hydrogens (tertiary/aromatic N) is 1. The Bertz CT molecular complexity index is 470. The molecule has 1 amide bonds. The number of carboxylic acid groups (broad SMARTS) is 1. The lowest BCUT2D eigenvalue weighted by Crippen LogP contribution is -2.40. The molecule has 0 aliphatic heterocycles. The second-order valence-corrected chi connectivity index (χ2v) is 5.75. The first-order chi connectivity index (χ1) is 8.30. The number of carbonyl (C=O) groups excluding carboxylic acids is 1. The molecule has 0 radical (unpaired) electrons. The van der Waals surface area contributed by atoms with E-state index in [4.69, 9.17) is 5.11 Å². The highest BCUT2D eigenvalue weighted by molar-refractivity contribution is 7.13. The Hall–Kier alpha value is -1.43. The maximum Gasteiger partial charge on any atom is 0.311 e. The molecule has 1 aromatic heterocycles. The highest BCUT2D eigenvalue weighted by Gasteiger charge is 2.31. The van der Waals surface area contributed by atoms with Gasteiger partial charge in [-0.3, -0.25) is 9.59 Å². The molecule has 1 atom stereocenters. The molecule has 0 spiro atoms. The minimum Gasteiger partial charge on any atom is -0.481 e. The molecule has 6 heteroatoms. The number of hydrogen-bond acceptors (Lipinski definition) is 4. The zero-order chi connectivity index (χ0) is 13.9. The molecule has 1 rings (SSSR count). The molecule has 5 nitrogen and oxygen atoms in total. The van der Waals surface area contributed by atoms with E-state index in [0.717, 1.165) is 5.01 Å². The largest absolute Gasteiger partial charge is 0.481 e. The van der Waals surface area contributed by atoms with Gasteiger partial charge in [0.25, 0.3) is 5.91 Å². The van der Waals surface area contributed by atoms with Crippen molar-refractivity contribution in [1.29, 1.82) is 0 Å². The fraction of sp³-hybridized carbons (Fsp3) is 0.583. The average Bonchev–Trinajstić information content (AvgIpc) is 2.64. The first-order valence-corrected chi connectivity index (χ1v) is 6.57. The fourth-order valence-corrected chi connectivity index (χ4v) is 2.29. The van der Waals surface area contributed by atoms with Gasteiger partial charge in [-0.05, 0) is 27.2 Å². The topological polar surface area (TPSA) is 79.3 Å². The Morgan fingerprint density at radius 2 is 2.06 bits per heavy atom. The van der Waals surface area contributed by atoms with Crippen LogP contribution in [0.3, 0.4) is 0 Å². The Labute approximate surface area is 110 Å². The predicted molar refractivity (Wildman–Crippen MR) is 70.0 cm³/mol. The monoisotopic (exact) mass is 270 g/mol. The predicted octanol–water partition coefficient (Wildman–Crippen LogP) is 1.99. The van der Waals surface area contributed by atoms with Crippen molar-refractivity contribution in [2.45, 2.75) is 34.1 Å². The first kappa shape index (κ1) is 14.6. The molecule has 0 saturated heterocycles. The van der Waals surface area contributed by atoms with Crippen molar-refractivity contribution in [3.63, 3.8) is 0 Å². The van der Waals surface area contributed by atoms with Crippen molar-refractivity contribution in [2.75, 3.05) is 6.54 Å². The summed E-state index contributed by atoms with van der Waals surface area (Å²) in [7, 11) is 0. The number of amides is 1. The molecule has 0 aliphatic carbocycles. The van der Waals surface area contributed by atoms with Crippen LogP contribution in [0.4, 0.5) is 0 Å². The van der Waals surface area contributed by atoms with E-state index in [1.807, 2.05) is 6.92 Å². The van der Waals surface area contributed by atoms with Gasteiger partial charge in [0.2, 0.25) is 0 Å². The van der Waals surface area contributed by atoms with Gasteiger partial charge < -0.3 is 10.4 Å². The fourth-order valence-electron chi connectivity index (χ4n) is 1.45. The molecular formula is C12H18N2O3S. The van der Waals surface area contributed by atoms with E-state index < -0.39 is 11.4 Å². The van der Waals surface area contributed by atoms with E-state index in [2.05, 4.69) is 10.3 Å². The number of aryl methyl sites for hydroxylation is 2. The number of aromatic nitrogens is 1. The lowest BCUT2D eigenvalue weighted by molar-refractivity contribution is -0.147. The molecule has 1 heterocycles. The normalized spacial score (nSPS) is 14.0. The molecule has 18 heavy (non-hydrogen) atoms. The Kier molecular flexibility index (Phi) is 4.45.